The van der Waals surface area contributed by atoms with E-state index in [4.69, 9.17) is 12.2 Å². The van der Waals surface area contributed by atoms with Crippen LogP contribution in [0.15, 0.2) is 30.3 Å². The van der Waals surface area contributed by atoms with Crippen molar-refractivity contribution in [1.82, 2.24) is 9.55 Å². The standard InChI is InChI=1S/C14H9F3N2S/c1-7-2-3-11(9(16)4-7)19-12-6-8(15)5-10(17)13(12)18-14(19)20/h2-6H,1H3,(H,18,20). The largest absolute Gasteiger partial charge is 0.328 e. The zero-order valence-corrected chi connectivity index (χ0v) is 11.2. The summed E-state index contributed by atoms with van der Waals surface area (Å²) >= 11 is 5.08. The monoisotopic (exact) mass is 294 g/mol. The molecule has 3 rings (SSSR count). The summed E-state index contributed by atoms with van der Waals surface area (Å²) in [5, 5.41) is 0. The molecule has 0 fully saturated rings. The molecule has 0 saturated carbocycles. The van der Waals surface area contributed by atoms with Gasteiger partial charge in [-0.2, -0.15) is 0 Å². The lowest BCUT2D eigenvalue weighted by Crippen LogP contribution is -1.98. The zero-order chi connectivity index (χ0) is 14.4. The summed E-state index contributed by atoms with van der Waals surface area (Å²) in [4.78, 5) is 2.63. The second-order valence-electron chi connectivity index (χ2n) is 4.50. The van der Waals surface area contributed by atoms with Gasteiger partial charge in [-0.15, -0.1) is 0 Å². The Kier molecular flexibility index (Phi) is 2.90. The molecule has 0 amide bonds. The highest BCUT2D eigenvalue weighted by molar-refractivity contribution is 7.71. The van der Waals surface area contributed by atoms with Crippen molar-refractivity contribution in [3.05, 3.63) is 58.1 Å². The Hall–Kier alpha value is -2.08. The van der Waals surface area contributed by atoms with Crippen molar-refractivity contribution in [1.29, 1.82) is 0 Å². The molecule has 0 atom stereocenters. The second-order valence-corrected chi connectivity index (χ2v) is 4.89. The number of aromatic amines is 1. The van der Waals surface area contributed by atoms with Crippen LogP contribution in [0.1, 0.15) is 5.56 Å². The molecule has 2 aromatic carbocycles. The van der Waals surface area contributed by atoms with Crippen molar-refractivity contribution >= 4 is 23.3 Å². The summed E-state index contributed by atoms with van der Waals surface area (Å²) in [6, 6.07) is 6.43. The highest BCUT2D eigenvalue weighted by atomic mass is 32.1. The first-order valence-corrected chi connectivity index (χ1v) is 6.24. The van der Waals surface area contributed by atoms with Crippen molar-refractivity contribution in [3.8, 4) is 5.69 Å². The molecule has 0 aliphatic rings. The van der Waals surface area contributed by atoms with E-state index in [0.29, 0.717) is 0 Å². The highest BCUT2D eigenvalue weighted by Gasteiger charge is 2.14. The molecule has 1 aromatic heterocycles. The predicted molar refractivity (Wildman–Crippen MR) is 73.1 cm³/mol. The normalized spacial score (nSPS) is 11.2. The third kappa shape index (κ3) is 1.92. The zero-order valence-electron chi connectivity index (χ0n) is 10.4. The van der Waals surface area contributed by atoms with Crippen molar-refractivity contribution in [3.63, 3.8) is 0 Å². The van der Waals surface area contributed by atoms with Gasteiger partial charge in [0.05, 0.1) is 11.2 Å². The van der Waals surface area contributed by atoms with Gasteiger partial charge in [0.1, 0.15) is 17.2 Å². The molecule has 0 saturated heterocycles. The molecule has 1 N–H and O–H groups in total. The molecule has 102 valence electrons. The molecule has 0 bridgehead atoms. The molecule has 2 nitrogen and oxygen atoms in total. The van der Waals surface area contributed by atoms with Crippen molar-refractivity contribution in [2.45, 2.75) is 6.92 Å². The van der Waals surface area contributed by atoms with Gasteiger partial charge in [0.15, 0.2) is 10.6 Å². The number of aromatic nitrogens is 2. The number of benzene rings is 2. The van der Waals surface area contributed by atoms with Crippen LogP contribution in [0.25, 0.3) is 16.7 Å². The van der Waals surface area contributed by atoms with Crippen LogP contribution in [0.3, 0.4) is 0 Å². The van der Waals surface area contributed by atoms with Gasteiger partial charge in [-0.3, -0.25) is 4.57 Å². The van der Waals surface area contributed by atoms with E-state index in [1.807, 2.05) is 0 Å². The summed E-state index contributed by atoms with van der Waals surface area (Å²) < 4.78 is 42.5. The van der Waals surface area contributed by atoms with Crippen molar-refractivity contribution < 1.29 is 13.2 Å². The van der Waals surface area contributed by atoms with Crippen LogP contribution in [-0.4, -0.2) is 9.55 Å². The minimum Gasteiger partial charge on any atom is -0.328 e. The van der Waals surface area contributed by atoms with Gasteiger partial charge >= 0.3 is 0 Å². The maximum atomic E-state index is 14.1. The molecule has 0 aliphatic carbocycles. The van der Waals surface area contributed by atoms with Gasteiger partial charge in [0.2, 0.25) is 0 Å². The molecule has 0 spiro atoms. The molecular weight excluding hydrogens is 285 g/mol. The summed E-state index contributed by atoms with van der Waals surface area (Å²) in [5.41, 5.74) is 1.11. The third-order valence-electron chi connectivity index (χ3n) is 3.05. The maximum Gasteiger partial charge on any atom is 0.182 e. The van der Waals surface area contributed by atoms with Crippen LogP contribution in [-0.2, 0) is 0 Å². The van der Waals surface area contributed by atoms with E-state index in [0.717, 1.165) is 17.7 Å². The Morgan fingerprint density at radius 2 is 1.80 bits per heavy atom. The third-order valence-corrected chi connectivity index (χ3v) is 3.34. The fourth-order valence-corrected chi connectivity index (χ4v) is 2.46. The fraction of sp³-hybridized carbons (Fsp3) is 0.0714. The lowest BCUT2D eigenvalue weighted by atomic mass is 10.2. The number of aryl methyl sites for hydroxylation is 1. The van der Waals surface area contributed by atoms with E-state index in [9.17, 15) is 13.2 Å². The number of hydrogen-bond acceptors (Lipinski definition) is 1. The molecule has 0 radical (unpaired) electrons. The summed E-state index contributed by atoms with van der Waals surface area (Å²) in [6.45, 7) is 1.75. The lowest BCUT2D eigenvalue weighted by molar-refractivity contribution is 0.590. The smallest absolute Gasteiger partial charge is 0.182 e. The van der Waals surface area contributed by atoms with Crippen molar-refractivity contribution in [2.75, 3.05) is 0 Å². The quantitative estimate of drug-likeness (QED) is 0.659. The molecular formula is C14H9F3N2S. The van der Waals surface area contributed by atoms with E-state index in [-0.39, 0.29) is 21.5 Å². The van der Waals surface area contributed by atoms with Crippen LogP contribution in [0.2, 0.25) is 0 Å². The summed E-state index contributed by atoms with van der Waals surface area (Å²) in [6.07, 6.45) is 0. The van der Waals surface area contributed by atoms with Crippen LogP contribution in [0, 0.1) is 29.1 Å². The number of halogens is 3. The summed E-state index contributed by atoms with van der Waals surface area (Å²) in [7, 11) is 0. The minimum absolute atomic E-state index is 0.0522. The Morgan fingerprint density at radius 3 is 2.50 bits per heavy atom. The van der Waals surface area contributed by atoms with Gasteiger partial charge in [0, 0.05) is 12.1 Å². The van der Waals surface area contributed by atoms with Crippen LogP contribution in [0.4, 0.5) is 13.2 Å². The number of nitrogens with one attached hydrogen (secondary N) is 1. The molecule has 6 heteroatoms. The Bertz CT molecular complexity index is 880. The van der Waals surface area contributed by atoms with Crippen LogP contribution >= 0.6 is 12.2 Å². The van der Waals surface area contributed by atoms with Gasteiger partial charge in [-0.05, 0) is 36.8 Å². The SMILES string of the molecule is Cc1ccc(-n2c(=S)[nH]c3c(F)cc(F)cc32)c(F)c1. The second kappa shape index (κ2) is 4.49. The average Bonchev–Trinajstić information content (AvgIpc) is 2.67. The Morgan fingerprint density at radius 1 is 1.05 bits per heavy atom. The lowest BCUT2D eigenvalue weighted by Gasteiger charge is -2.07. The average molecular weight is 294 g/mol. The maximum absolute atomic E-state index is 14.1. The number of fused-ring (bicyclic) bond motifs is 1. The van der Waals surface area contributed by atoms with E-state index in [2.05, 4.69) is 4.98 Å². The number of nitrogens with zero attached hydrogens (tertiary/aromatic N) is 1. The molecule has 1 heterocycles. The first kappa shape index (κ1) is 12.9. The number of H-pyrrole nitrogens is 1. The first-order valence-electron chi connectivity index (χ1n) is 5.83. The van der Waals surface area contributed by atoms with E-state index in [1.54, 1.807) is 13.0 Å². The Balaban J connectivity index is 2.42. The van der Waals surface area contributed by atoms with Gasteiger partial charge in [-0.1, -0.05) is 6.07 Å². The predicted octanol–water partition coefficient (Wildman–Crippen LogP) is 4.41. The molecule has 0 aliphatic heterocycles. The molecule has 0 unspecified atom stereocenters. The Labute approximate surface area is 117 Å². The fourth-order valence-electron chi connectivity index (χ4n) is 2.16. The first-order chi connectivity index (χ1) is 9.47. The topological polar surface area (TPSA) is 20.7 Å². The number of hydrogen-bond donors (Lipinski definition) is 1. The van der Waals surface area contributed by atoms with Crippen molar-refractivity contribution in [2.24, 2.45) is 0 Å². The van der Waals surface area contributed by atoms with Gasteiger partial charge in [-0.25, -0.2) is 13.2 Å². The molecule has 3 aromatic rings. The van der Waals surface area contributed by atoms with Crippen LogP contribution < -0.4 is 0 Å². The van der Waals surface area contributed by atoms with Crippen LogP contribution in [0.5, 0.6) is 0 Å². The van der Waals surface area contributed by atoms with E-state index in [1.165, 1.54) is 16.7 Å². The number of rotatable bonds is 1. The van der Waals surface area contributed by atoms with E-state index >= 15 is 0 Å². The highest BCUT2D eigenvalue weighted by Crippen LogP contribution is 2.25. The summed E-state index contributed by atoms with van der Waals surface area (Å²) in [5.74, 6) is -2.02. The van der Waals surface area contributed by atoms with Gasteiger partial charge < -0.3 is 4.98 Å². The molecule has 20 heavy (non-hydrogen) atoms. The van der Waals surface area contributed by atoms with Gasteiger partial charge in [0.25, 0.3) is 0 Å². The number of imidazole rings is 1. The minimum atomic E-state index is -0.766. The van der Waals surface area contributed by atoms with E-state index < -0.39 is 17.5 Å².